The van der Waals surface area contributed by atoms with Crippen LogP contribution in [-0.4, -0.2) is 6.54 Å². The molecule has 0 aliphatic heterocycles. The van der Waals surface area contributed by atoms with Crippen LogP contribution < -0.4 is 5.32 Å². The molecule has 2 nitrogen and oxygen atoms in total. The van der Waals surface area contributed by atoms with Crippen LogP contribution in [0.25, 0.3) is 0 Å². The van der Waals surface area contributed by atoms with Gasteiger partial charge in [-0.2, -0.15) is 18.4 Å². The average molecular weight is 282 g/mol. The summed E-state index contributed by atoms with van der Waals surface area (Å²) in [5.74, 6) is 0.510. The van der Waals surface area contributed by atoms with Crippen LogP contribution in [0.5, 0.6) is 0 Å². The lowest BCUT2D eigenvalue weighted by atomic mass is 9.92. The normalized spacial score (nSPS) is 16.9. The fraction of sp³-hybridized carbons (Fsp3) is 0.533. The van der Waals surface area contributed by atoms with Crippen molar-refractivity contribution in [3.63, 3.8) is 0 Å². The van der Waals surface area contributed by atoms with Crippen molar-refractivity contribution in [3.8, 4) is 6.07 Å². The minimum Gasteiger partial charge on any atom is -0.384 e. The van der Waals surface area contributed by atoms with E-state index in [9.17, 15) is 13.2 Å². The number of nitrogens with zero attached hydrogens (tertiary/aromatic N) is 1. The number of benzene rings is 1. The molecule has 0 radical (unpaired) electrons. The van der Waals surface area contributed by atoms with E-state index in [1.54, 1.807) is 6.07 Å². The molecule has 0 saturated heterocycles. The lowest BCUT2D eigenvalue weighted by Crippen LogP contribution is -2.21. The summed E-state index contributed by atoms with van der Waals surface area (Å²) >= 11 is 0. The summed E-state index contributed by atoms with van der Waals surface area (Å²) in [7, 11) is 0. The van der Waals surface area contributed by atoms with E-state index >= 15 is 0 Å². The average Bonchev–Trinajstić information content (AvgIpc) is 3.16. The van der Waals surface area contributed by atoms with E-state index in [4.69, 9.17) is 5.26 Å². The molecule has 1 aliphatic rings. The number of nitrogens with one attached hydrogen (secondary N) is 1. The van der Waals surface area contributed by atoms with Gasteiger partial charge in [-0.05, 0) is 42.4 Å². The number of hydrogen-bond acceptors (Lipinski definition) is 2. The molecule has 108 valence electrons. The number of halogens is 3. The molecule has 5 heteroatoms. The molecule has 0 amide bonds. The quantitative estimate of drug-likeness (QED) is 0.887. The Morgan fingerprint density at radius 1 is 1.35 bits per heavy atom. The van der Waals surface area contributed by atoms with Crippen molar-refractivity contribution < 1.29 is 13.2 Å². The van der Waals surface area contributed by atoms with Gasteiger partial charge in [-0.25, -0.2) is 0 Å². The summed E-state index contributed by atoms with van der Waals surface area (Å²) in [4.78, 5) is 0. The Morgan fingerprint density at radius 2 is 2.00 bits per heavy atom. The number of alkyl halides is 3. The predicted octanol–water partition coefficient (Wildman–Crippen LogP) is 4.43. The summed E-state index contributed by atoms with van der Waals surface area (Å²) in [5, 5.41) is 11.8. The van der Waals surface area contributed by atoms with Gasteiger partial charge in [0.1, 0.15) is 0 Å². The van der Waals surface area contributed by atoms with Crippen LogP contribution in [0.15, 0.2) is 18.2 Å². The van der Waals surface area contributed by atoms with Crippen molar-refractivity contribution in [2.24, 2.45) is 11.3 Å². The predicted molar refractivity (Wildman–Crippen MR) is 71.2 cm³/mol. The Kier molecular flexibility index (Phi) is 3.68. The fourth-order valence-electron chi connectivity index (χ4n) is 2.38. The largest absolute Gasteiger partial charge is 0.417 e. The maximum Gasteiger partial charge on any atom is 0.417 e. The van der Waals surface area contributed by atoms with Crippen molar-refractivity contribution in [2.45, 2.75) is 32.9 Å². The highest BCUT2D eigenvalue weighted by atomic mass is 19.4. The second-order valence-electron chi connectivity index (χ2n) is 5.74. The third-order valence-corrected chi connectivity index (χ3v) is 4.21. The maximum absolute atomic E-state index is 12.9. The van der Waals surface area contributed by atoms with Crippen molar-refractivity contribution in [3.05, 3.63) is 29.3 Å². The number of anilines is 1. The van der Waals surface area contributed by atoms with E-state index < -0.39 is 11.7 Å². The molecule has 20 heavy (non-hydrogen) atoms. The first-order valence-electron chi connectivity index (χ1n) is 6.64. The smallest absolute Gasteiger partial charge is 0.384 e. The van der Waals surface area contributed by atoms with E-state index in [-0.39, 0.29) is 11.0 Å². The van der Waals surface area contributed by atoms with Gasteiger partial charge < -0.3 is 5.32 Å². The molecule has 1 saturated carbocycles. The monoisotopic (exact) mass is 282 g/mol. The van der Waals surface area contributed by atoms with E-state index in [0.29, 0.717) is 18.2 Å². The van der Waals surface area contributed by atoms with Gasteiger partial charge in [0.2, 0.25) is 0 Å². The molecule has 1 aromatic rings. The lowest BCUT2D eigenvalue weighted by Gasteiger charge is -2.21. The SMILES string of the molecule is CC(C)C1(CNc2ccc(C#N)c(C(F)(F)F)c2)CC1. The molecule has 1 fully saturated rings. The summed E-state index contributed by atoms with van der Waals surface area (Å²) in [6.45, 7) is 4.94. The first kappa shape index (κ1) is 14.7. The lowest BCUT2D eigenvalue weighted by molar-refractivity contribution is -0.137. The number of nitriles is 1. The van der Waals surface area contributed by atoms with Crippen molar-refractivity contribution in [2.75, 3.05) is 11.9 Å². The topological polar surface area (TPSA) is 35.8 Å². The minimum atomic E-state index is -4.50. The highest BCUT2D eigenvalue weighted by molar-refractivity contribution is 5.53. The summed E-state index contributed by atoms with van der Waals surface area (Å²) in [6, 6.07) is 5.36. The molecule has 2 rings (SSSR count). The first-order chi connectivity index (χ1) is 9.28. The van der Waals surface area contributed by atoms with Gasteiger partial charge in [0, 0.05) is 12.2 Å². The summed E-state index contributed by atoms with van der Waals surface area (Å²) < 4.78 is 38.6. The molecular weight excluding hydrogens is 265 g/mol. The molecule has 0 bridgehead atoms. The minimum absolute atomic E-state index is 0.215. The van der Waals surface area contributed by atoms with Gasteiger partial charge in [0.05, 0.1) is 17.2 Å². The van der Waals surface area contributed by atoms with Gasteiger partial charge in [0.25, 0.3) is 0 Å². The Morgan fingerprint density at radius 3 is 2.45 bits per heavy atom. The van der Waals surface area contributed by atoms with Gasteiger partial charge in [-0.3, -0.25) is 0 Å². The van der Waals surface area contributed by atoms with Gasteiger partial charge >= 0.3 is 6.18 Å². The standard InChI is InChI=1S/C15H17F3N2/c1-10(2)14(5-6-14)9-20-12-4-3-11(8-19)13(7-12)15(16,17)18/h3-4,7,10,20H,5-6,9H2,1-2H3. The maximum atomic E-state index is 12.9. The van der Waals surface area contributed by atoms with Crippen LogP contribution in [0.1, 0.15) is 37.8 Å². The van der Waals surface area contributed by atoms with Crippen molar-refractivity contribution in [1.29, 1.82) is 5.26 Å². The molecule has 0 spiro atoms. The zero-order chi connectivity index (χ0) is 15.0. The second kappa shape index (κ2) is 5.01. The first-order valence-corrected chi connectivity index (χ1v) is 6.64. The Bertz CT molecular complexity index is 537. The van der Waals surface area contributed by atoms with E-state index in [0.717, 1.165) is 18.9 Å². The molecule has 0 atom stereocenters. The highest BCUT2D eigenvalue weighted by Crippen LogP contribution is 2.51. The molecular formula is C15H17F3N2. The van der Waals surface area contributed by atoms with Crippen LogP contribution in [-0.2, 0) is 6.18 Å². The second-order valence-corrected chi connectivity index (χ2v) is 5.74. The van der Waals surface area contributed by atoms with Gasteiger partial charge in [-0.1, -0.05) is 13.8 Å². The summed E-state index contributed by atoms with van der Waals surface area (Å²) in [6.07, 6.45) is -2.28. The number of rotatable bonds is 4. The van der Waals surface area contributed by atoms with Crippen LogP contribution in [0.3, 0.4) is 0 Å². The third kappa shape index (κ3) is 2.90. The summed E-state index contributed by atoms with van der Waals surface area (Å²) in [5.41, 5.74) is -0.581. The van der Waals surface area contributed by atoms with E-state index in [2.05, 4.69) is 19.2 Å². The number of hydrogen-bond donors (Lipinski definition) is 1. The molecule has 0 aromatic heterocycles. The van der Waals surface area contributed by atoms with Crippen LogP contribution in [0.4, 0.5) is 18.9 Å². The Balaban J connectivity index is 2.16. The molecule has 0 unspecified atom stereocenters. The Labute approximate surface area is 116 Å². The van der Waals surface area contributed by atoms with Gasteiger partial charge in [-0.15, -0.1) is 0 Å². The van der Waals surface area contributed by atoms with Crippen molar-refractivity contribution >= 4 is 5.69 Å². The Hall–Kier alpha value is -1.70. The third-order valence-electron chi connectivity index (χ3n) is 4.21. The molecule has 1 aliphatic carbocycles. The molecule has 0 heterocycles. The van der Waals surface area contributed by atoms with E-state index in [1.165, 1.54) is 12.1 Å². The van der Waals surface area contributed by atoms with Crippen LogP contribution >= 0.6 is 0 Å². The van der Waals surface area contributed by atoms with Crippen LogP contribution in [0, 0.1) is 22.7 Å². The van der Waals surface area contributed by atoms with Gasteiger partial charge in [0.15, 0.2) is 0 Å². The zero-order valence-electron chi connectivity index (χ0n) is 11.5. The molecule has 1 aromatic carbocycles. The van der Waals surface area contributed by atoms with E-state index in [1.807, 2.05) is 0 Å². The molecule has 1 N–H and O–H groups in total. The van der Waals surface area contributed by atoms with Crippen molar-refractivity contribution in [1.82, 2.24) is 0 Å². The zero-order valence-corrected chi connectivity index (χ0v) is 11.5. The fourth-order valence-corrected chi connectivity index (χ4v) is 2.38. The highest BCUT2D eigenvalue weighted by Gasteiger charge is 2.45. The van der Waals surface area contributed by atoms with Crippen LogP contribution in [0.2, 0.25) is 0 Å².